The molecule has 1 saturated heterocycles. The molecule has 1 aliphatic heterocycles. The molecule has 0 N–H and O–H groups in total. The Labute approximate surface area is 131 Å². The molecule has 4 rings (SSSR count). The van der Waals surface area contributed by atoms with E-state index in [2.05, 4.69) is 20.0 Å². The van der Waals surface area contributed by atoms with Crippen LogP contribution in [0.5, 0.6) is 0 Å². The third kappa shape index (κ3) is 2.27. The van der Waals surface area contributed by atoms with E-state index in [4.69, 9.17) is 0 Å². The van der Waals surface area contributed by atoms with E-state index in [0.29, 0.717) is 12.5 Å². The Kier molecular flexibility index (Phi) is 3.15. The predicted molar refractivity (Wildman–Crippen MR) is 86.4 cm³/mol. The maximum Gasteiger partial charge on any atom is 0.266 e. The number of nitrogens with zero attached hydrogens (tertiary/aromatic N) is 5. The number of anilines is 1. The van der Waals surface area contributed by atoms with Crippen LogP contribution >= 0.6 is 11.3 Å². The van der Waals surface area contributed by atoms with Crippen LogP contribution in [0.4, 0.5) is 5.82 Å². The smallest absolute Gasteiger partial charge is 0.266 e. The minimum atomic E-state index is -0.0354. The van der Waals surface area contributed by atoms with Gasteiger partial charge >= 0.3 is 0 Å². The third-order valence-electron chi connectivity index (χ3n) is 3.91. The first kappa shape index (κ1) is 13.4. The monoisotopic (exact) mass is 313 g/mol. The Morgan fingerprint density at radius 2 is 2.14 bits per heavy atom. The lowest BCUT2D eigenvalue weighted by atomic mass is 10.0. The minimum absolute atomic E-state index is 0.0354. The van der Waals surface area contributed by atoms with Gasteiger partial charge in [-0.2, -0.15) is 5.10 Å². The van der Waals surface area contributed by atoms with Crippen LogP contribution in [0.15, 0.2) is 34.7 Å². The predicted octanol–water partition coefficient (Wildman–Crippen LogP) is 1.69. The van der Waals surface area contributed by atoms with Crippen molar-refractivity contribution < 1.29 is 0 Å². The van der Waals surface area contributed by atoms with Gasteiger partial charge in [-0.15, -0.1) is 11.3 Å². The van der Waals surface area contributed by atoms with Gasteiger partial charge in [0.05, 0.1) is 22.5 Å². The summed E-state index contributed by atoms with van der Waals surface area (Å²) < 4.78 is 2.70. The van der Waals surface area contributed by atoms with Crippen LogP contribution in [0.1, 0.15) is 5.69 Å². The Bertz CT molecular complexity index is 881. The molecule has 22 heavy (non-hydrogen) atoms. The largest absolute Gasteiger partial charge is 0.354 e. The van der Waals surface area contributed by atoms with E-state index >= 15 is 0 Å². The minimum Gasteiger partial charge on any atom is -0.354 e. The van der Waals surface area contributed by atoms with Crippen LogP contribution in [0.25, 0.3) is 10.2 Å². The van der Waals surface area contributed by atoms with Gasteiger partial charge in [0.2, 0.25) is 0 Å². The van der Waals surface area contributed by atoms with E-state index in [0.717, 1.165) is 34.8 Å². The molecule has 1 fully saturated rings. The summed E-state index contributed by atoms with van der Waals surface area (Å²) in [6.45, 7) is 4.35. The van der Waals surface area contributed by atoms with Crippen LogP contribution in [0.3, 0.4) is 0 Å². The molecule has 0 saturated carbocycles. The first-order chi connectivity index (χ1) is 10.7. The molecule has 6 nitrogen and oxygen atoms in total. The van der Waals surface area contributed by atoms with E-state index in [1.807, 2.05) is 18.4 Å². The molecule has 0 bridgehead atoms. The van der Waals surface area contributed by atoms with Crippen LogP contribution in [-0.4, -0.2) is 32.8 Å². The van der Waals surface area contributed by atoms with Gasteiger partial charge in [0.1, 0.15) is 12.1 Å². The fraction of sp³-hybridized carbons (Fsp3) is 0.333. The fourth-order valence-electron chi connectivity index (χ4n) is 2.79. The average Bonchev–Trinajstić information content (AvgIpc) is 2.94. The molecule has 0 aliphatic carbocycles. The molecule has 112 valence electrons. The first-order valence-corrected chi connectivity index (χ1v) is 8.06. The Morgan fingerprint density at radius 3 is 3.00 bits per heavy atom. The van der Waals surface area contributed by atoms with Gasteiger partial charge in [-0.3, -0.25) is 4.79 Å². The highest BCUT2D eigenvalue weighted by Gasteiger charge is 2.30. The Balaban J connectivity index is 1.49. The highest BCUT2D eigenvalue weighted by atomic mass is 32.1. The zero-order chi connectivity index (χ0) is 15.1. The van der Waals surface area contributed by atoms with Crippen molar-refractivity contribution in [1.29, 1.82) is 0 Å². The van der Waals surface area contributed by atoms with Gasteiger partial charge < -0.3 is 4.90 Å². The second-order valence-electron chi connectivity index (χ2n) is 5.60. The molecule has 0 amide bonds. The fourth-order valence-corrected chi connectivity index (χ4v) is 3.65. The summed E-state index contributed by atoms with van der Waals surface area (Å²) in [5.41, 5.74) is 1.83. The van der Waals surface area contributed by atoms with Gasteiger partial charge in [0.15, 0.2) is 0 Å². The standard InChI is InChI=1S/C15H15N5OS/c1-10-2-3-13(21)20(18-10)8-11-6-19(7-11)15-14-12(4-5-22-14)16-9-17-15/h2-5,9,11H,6-8H2,1H3. The van der Waals surface area contributed by atoms with E-state index in [1.165, 1.54) is 0 Å². The second kappa shape index (κ2) is 5.17. The number of rotatable bonds is 3. The summed E-state index contributed by atoms with van der Waals surface area (Å²) in [6, 6.07) is 5.34. The van der Waals surface area contributed by atoms with Crippen molar-refractivity contribution in [2.24, 2.45) is 5.92 Å². The summed E-state index contributed by atoms with van der Waals surface area (Å²) in [7, 11) is 0. The molecule has 0 aromatic carbocycles. The zero-order valence-corrected chi connectivity index (χ0v) is 13.0. The normalized spacial score (nSPS) is 15.2. The van der Waals surface area contributed by atoms with Gasteiger partial charge in [0, 0.05) is 25.1 Å². The maximum atomic E-state index is 11.8. The van der Waals surface area contributed by atoms with Crippen molar-refractivity contribution in [1.82, 2.24) is 19.7 Å². The lowest BCUT2D eigenvalue weighted by molar-refractivity contribution is 0.332. The number of aromatic nitrogens is 4. The van der Waals surface area contributed by atoms with Crippen molar-refractivity contribution >= 4 is 27.4 Å². The van der Waals surface area contributed by atoms with Gasteiger partial charge in [-0.1, -0.05) is 0 Å². The van der Waals surface area contributed by atoms with Gasteiger partial charge in [-0.05, 0) is 24.4 Å². The van der Waals surface area contributed by atoms with Crippen molar-refractivity contribution in [2.75, 3.05) is 18.0 Å². The number of thiophene rings is 1. The second-order valence-corrected chi connectivity index (χ2v) is 6.51. The lowest BCUT2D eigenvalue weighted by Crippen LogP contribution is -2.50. The molecule has 3 aromatic rings. The molecule has 4 heterocycles. The summed E-state index contributed by atoms with van der Waals surface area (Å²) in [5, 5.41) is 6.33. The molecule has 0 atom stereocenters. The Morgan fingerprint density at radius 1 is 1.27 bits per heavy atom. The molecule has 1 aliphatic rings. The highest BCUT2D eigenvalue weighted by Crippen LogP contribution is 2.32. The van der Waals surface area contributed by atoms with Crippen molar-refractivity contribution in [3.8, 4) is 0 Å². The summed E-state index contributed by atoms with van der Waals surface area (Å²) in [5.74, 6) is 1.43. The topological polar surface area (TPSA) is 63.9 Å². The van der Waals surface area contributed by atoms with Crippen LogP contribution in [0.2, 0.25) is 0 Å². The van der Waals surface area contributed by atoms with E-state index in [9.17, 15) is 4.79 Å². The van der Waals surface area contributed by atoms with Crippen LogP contribution in [0, 0.1) is 12.8 Å². The quantitative estimate of drug-likeness (QED) is 0.736. The number of hydrogen-bond acceptors (Lipinski definition) is 6. The van der Waals surface area contributed by atoms with E-state index in [1.54, 1.807) is 34.5 Å². The molecule has 7 heteroatoms. The first-order valence-electron chi connectivity index (χ1n) is 7.18. The van der Waals surface area contributed by atoms with Crippen molar-refractivity contribution in [2.45, 2.75) is 13.5 Å². The highest BCUT2D eigenvalue weighted by molar-refractivity contribution is 7.17. The maximum absolute atomic E-state index is 11.8. The number of aryl methyl sites for hydroxylation is 1. The third-order valence-corrected chi connectivity index (χ3v) is 4.81. The van der Waals surface area contributed by atoms with Crippen molar-refractivity contribution in [3.63, 3.8) is 0 Å². The molecule has 0 spiro atoms. The number of fused-ring (bicyclic) bond motifs is 1. The Hall–Kier alpha value is -2.28. The van der Waals surface area contributed by atoms with E-state index < -0.39 is 0 Å². The molecular weight excluding hydrogens is 298 g/mol. The number of hydrogen-bond donors (Lipinski definition) is 0. The van der Waals surface area contributed by atoms with Gasteiger partial charge in [-0.25, -0.2) is 14.6 Å². The summed E-state index contributed by atoms with van der Waals surface area (Å²) in [4.78, 5) is 22.7. The van der Waals surface area contributed by atoms with Crippen LogP contribution < -0.4 is 10.5 Å². The van der Waals surface area contributed by atoms with E-state index in [-0.39, 0.29) is 5.56 Å². The molecular formula is C15H15N5OS. The van der Waals surface area contributed by atoms with Crippen LogP contribution in [-0.2, 0) is 6.54 Å². The molecule has 3 aromatic heterocycles. The SMILES string of the molecule is Cc1ccc(=O)n(CC2CN(c3ncnc4ccsc34)C2)n1. The lowest BCUT2D eigenvalue weighted by Gasteiger charge is -2.40. The van der Waals surface area contributed by atoms with Gasteiger partial charge in [0.25, 0.3) is 5.56 Å². The van der Waals surface area contributed by atoms with Crippen molar-refractivity contribution in [3.05, 3.63) is 46.0 Å². The average molecular weight is 313 g/mol. The molecule has 0 radical (unpaired) electrons. The molecule has 0 unspecified atom stereocenters. The summed E-state index contributed by atoms with van der Waals surface area (Å²) >= 11 is 1.67. The zero-order valence-electron chi connectivity index (χ0n) is 12.1. The summed E-state index contributed by atoms with van der Waals surface area (Å²) in [6.07, 6.45) is 1.62.